The number of nitrogens with zero attached hydrogens (tertiary/aromatic N) is 4. The van der Waals surface area contributed by atoms with Crippen molar-refractivity contribution in [1.29, 1.82) is 0 Å². The molecule has 0 amide bonds. The number of piperazine rings is 1. The molecule has 2 aromatic rings. The van der Waals surface area contributed by atoms with Crippen molar-refractivity contribution < 1.29 is 17.3 Å². The van der Waals surface area contributed by atoms with Crippen LogP contribution in [0.2, 0.25) is 0 Å². The van der Waals surface area contributed by atoms with Crippen LogP contribution >= 0.6 is 0 Å². The van der Waals surface area contributed by atoms with E-state index in [1.807, 2.05) is 24.8 Å². The summed E-state index contributed by atoms with van der Waals surface area (Å²) < 4.78 is 45.6. The molecular weight excluding hydrogens is 409 g/mol. The zero-order chi connectivity index (χ0) is 21.8. The second kappa shape index (κ2) is 9.13. The molecule has 2 heterocycles. The minimum absolute atomic E-state index is 0.173. The van der Waals surface area contributed by atoms with E-state index in [1.54, 1.807) is 25.2 Å². The van der Waals surface area contributed by atoms with Gasteiger partial charge in [-0.3, -0.25) is 4.99 Å². The topological polar surface area (TPSA) is 91.0 Å². The molecule has 0 saturated carbocycles. The van der Waals surface area contributed by atoms with Crippen LogP contribution < -0.4 is 5.32 Å². The van der Waals surface area contributed by atoms with Gasteiger partial charge in [0, 0.05) is 51.3 Å². The van der Waals surface area contributed by atoms with Gasteiger partial charge in [-0.2, -0.15) is 4.31 Å². The van der Waals surface area contributed by atoms with E-state index in [1.165, 1.54) is 16.6 Å². The Morgan fingerprint density at radius 2 is 1.93 bits per heavy atom. The summed E-state index contributed by atoms with van der Waals surface area (Å²) in [5.74, 6) is 0.269. The normalized spacial score (nSPS) is 16.7. The first-order valence-electron chi connectivity index (χ1n) is 9.80. The van der Waals surface area contributed by atoms with Crippen LogP contribution in [0.4, 0.5) is 4.39 Å². The lowest BCUT2D eigenvalue weighted by Gasteiger charge is -2.37. The zero-order valence-electron chi connectivity index (χ0n) is 17.5. The zero-order valence-corrected chi connectivity index (χ0v) is 18.3. The van der Waals surface area contributed by atoms with E-state index in [-0.39, 0.29) is 11.6 Å². The number of guanidine groups is 1. The standard InChI is InChI=1S/C20H28FN5O3S/c1-20(2,17-6-4-5-7-18(17)21)15-23-19(22-3)25-9-11-26(12-10-25)30(27,28)14-16-8-13-29-24-16/h4-8,13H,9-12,14-15H2,1-3H3,(H,22,23). The first-order valence-corrected chi connectivity index (χ1v) is 11.4. The summed E-state index contributed by atoms with van der Waals surface area (Å²) in [6, 6.07) is 8.31. The highest BCUT2D eigenvalue weighted by molar-refractivity contribution is 7.88. The Bertz CT molecular complexity index is 968. The minimum Gasteiger partial charge on any atom is -0.364 e. The molecule has 3 rings (SSSR count). The molecule has 30 heavy (non-hydrogen) atoms. The quantitative estimate of drug-likeness (QED) is 0.548. The maximum Gasteiger partial charge on any atom is 0.220 e. The van der Waals surface area contributed by atoms with Crippen molar-refractivity contribution in [2.24, 2.45) is 4.99 Å². The van der Waals surface area contributed by atoms with Gasteiger partial charge in [0.15, 0.2) is 5.96 Å². The summed E-state index contributed by atoms with van der Waals surface area (Å²) in [6.07, 6.45) is 1.36. The molecule has 1 saturated heterocycles. The summed E-state index contributed by atoms with van der Waals surface area (Å²) in [6.45, 7) is 6.18. The molecule has 1 fully saturated rings. The Labute approximate surface area is 176 Å². The number of hydrogen-bond acceptors (Lipinski definition) is 5. The lowest BCUT2D eigenvalue weighted by atomic mass is 9.84. The van der Waals surface area contributed by atoms with E-state index >= 15 is 0 Å². The predicted molar refractivity (Wildman–Crippen MR) is 113 cm³/mol. The summed E-state index contributed by atoms with van der Waals surface area (Å²) in [5.41, 5.74) is 0.589. The number of nitrogens with one attached hydrogen (secondary N) is 1. The molecule has 0 spiro atoms. The molecule has 0 atom stereocenters. The number of rotatable bonds is 6. The van der Waals surface area contributed by atoms with Crippen molar-refractivity contribution >= 4 is 16.0 Å². The summed E-state index contributed by atoms with van der Waals surface area (Å²) in [7, 11) is -1.77. The molecule has 0 unspecified atom stereocenters. The Kier molecular flexibility index (Phi) is 6.77. The third-order valence-corrected chi connectivity index (χ3v) is 7.07. The van der Waals surface area contributed by atoms with Crippen molar-refractivity contribution in [1.82, 2.24) is 19.7 Å². The smallest absolute Gasteiger partial charge is 0.220 e. The first kappa shape index (κ1) is 22.2. The van der Waals surface area contributed by atoms with Gasteiger partial charge in [0.25, 0.3) is 0 Å². The fraction of sp³-hybridized carbons (Fsp3) is 0.500. The van der Waals surface area contributed by atoms with E-state index < -0.39 is 15.4 Å². The fourth-order valence-corrected chi connectivity index (χ4v) is 4.93. The van der Waals surface area contributed by atoms with E-state index in [0.29, 0.717) is 49.9 Å². The molecule has 1 aliphatic heterocycles. The van der Waals surface area contributed by atoms with Crippen LogP contribution in [0.1, 0.15) is 25.1 Å². The van der Waals surface area contributed by atoms with Crippen molar-refractivity contribution in [3.05, 3.63) is 53.7 Å². The average molecular weight is 438 g/mol. The number of benzene rings is 1. The maximum atomic E-state index is 14.2. The SMILES string of the molecule is CN=C(NCC(C)(C)c1ccccc1F)N1CCN(S(=O)(=O)Cc2ccon2)CC1. The number of aromatic nitrogens is 1. The van der Waals surface area contributed by atoms with Crippen LogP contribution in [0.25, 0.3) is 0 Å². The van der Waals surface area contributed by atoms with Gasteiger partial charge in [-0.1, -0.05) is 37.2 Å². The summed E-state index contributed by atoms with van der Waals surface area (Å²) >= 11 is 0. The number of sulfonamides is 1. The second-order valence-corrected chi connectivity index (χ2v) is 9.87. The number of aliphatic imine (C=N–C) groups is 1. The lowest BCUT2D eigenvalue weighted by molar-refractivity contribution is 0.258. The second-order valence-electron chi connectivity index (χ2n) is 7.90. The van der Waals surface area contributed by atoms with Crippen LogP contribution in [0.3, 0.4) is 0 Å². The molecular formula is C20H28FN5O3S. The molecule has 0 aliphatic carbocycles. The number of halogens is 1. The maximum absolute atomic E-state index is 14.2. The van der Waals surface area contributed by atoms with Crippen molar-refractivity contribution in [2.45, 2.75) is 25.0 Å². The molecule has 1 aliphatic rings. The third kappa shape index (κ3) is 5.17. The van der Waals surface area contributed by atoms with Gasteiger partial charge in [-0.25, -0.2) is 12.8 Å². The van der Waals surface area contributed by atoms with Crippen LogP contribution in [0.15, 0.2) is 46.1 Å². The monoisotopic (exact) mass is 437 g/mol. The van der Waals surface area contributed by atoms with Gasteiger partial charge in [0.2, 0.25) is 10.0 Å². The van der Waals surface area contributed by atoms with Crippen molar-refractivity contribution in [3.63, 3.8) is 0 Å². The van der Waals surface area contributed by atoms with E-state index in [9.17, 15) is 12.8 Å². The van der Waals surface area contributed by atoms with Crippen LogP contribution in [0, 0.1) is 5.82 Å². The summed E-state index contributed by atoms with van der Waals surface area (Å²) in [4.78, 5) is 6.34. The van der Waals surface area contributed by atoms with Gasteiger partial charge < -0.3 is 14.7 Å². The molecule has 164 valence electrons. The molecule has 1 N–H and O–H groups in total. The van der Waals surface area contributed by atoms with Crippen LogP contribution in [-0.4, -0.2) is 68.5 Å². The largest absolute Gasteiger partial charge is 0.364 e. The third-order valence-electron chi connectivity index (χ3n) is 5.26. The summed E-state index contributed by atoms with van der Waals surface area (Å²) in [5, 5.41) is 7.00. The molecule has 10 heteroatoms. The Morgan fingerprint density at radius 1 is 1.23 bits per heavy atom. The highest BCUT2D eigenvalue weighted by Gasteiger charge is 2.30. The van der Waals surface area contributed by atoms with Gasteiger partial charge in [-0.05, 0) is 11.6 Å². The van der Waals surface area contributed by atoms with E-state index in [2.05, 4.69) is 15.5 Å². The highest BCUT2D eigenvalue weighted by atomic mass is 32.2. The molecule has 0 radical (unpaired) electrons. The number of hydrogen-bond donors (Lipinski definition) is 1. The molecule has 1 aromatic heterocycles. The predicted octanol–water partition coefficient (Wildman–Crippen LogP) is 1.81. The Balaban J connectivity index is 1.57. The fourth-order valence-electron chi connectivity index (χ4n) is 3.51. The van der Waals surface area contributed by atoms with Crippen LogP contribution in [-0.2, 0) is 21.2 Å². The molecule has 0 bridgehead atoms. The van der Waals surface area contributed by atoms with Crippen molar-refractivity contribution in [3.8, 4) is 0 Å². The first-order chi connectivity index (χ1) is 14.2. The molecule has 8 nitrogen and oxygen atoms in total. The Hall–Kier alpha value is -2.46. The van der Waals surface area contributed by atoms with Crippen LogP contribution in [0.5, 0.6) is 0 Å². The van der Waals surface area contributed by atoms with Crippen molar-refractivity contribution in [2.75, 3.05) is 39.8 Å². The van der Waals surface area contributed by atoms with E-state index in [4.69, 9.17) is 4.52 Å². The van der Waals surface area contributed by atoms with E-state index in [0.717, 1.165) is 0 Å². The molecule has 1 aromatic carbocycles. The minimum atomic E-state index is -3.46. The van der Waals surface area contributed by atoms with Gasteiger partial charge in [-0.15, -0.1) is 0 Å². The highest BCUT2D eigenvalue weighted by Crippen LogP contribution is 2.25. The van der Waals surface area contributed by atoms with Gasteiger partial charge >= 0.3 is 0 Å². The lowest BCUT2D eigenvalue weighted by Crippen LogP contribution is -2.55. The van der Waals surface area contributed by atoms with Gasteiger partial charge in [0.05, 0.1) is 5.69 Å². The Morgan fingerprint density at radius 3 is 2.53 bits per heavy atom. The average Bonchev–Trinajstić information content (AvgIpc) is 3.21. The van der Waals surface area contributed by atoms with Gasteiger partial charge in [0.1, 0.15) is 17.8 Å².